The van der Waals surface area contributed by atoms with Crippen LogP contribution in [-0.4, -0.2) is 18.9 Å². The van der Waals surface area contributed by atoms with Gasteiger partial charge in [0.15, 0.2) is 0 Å². The summed E-state index contributed by atoms with van der Waals surface area (Å²) in [5, 5.41) is 6.79. The minimum Gasteiger partial charge on any atom is -0.295 e. The molecule has 0 aliphatic rings. The molecule has 0 fully saturated rings. The van der Waals surface area contributed by atoms with E-state index >= 15 is 0 Å². The van der Waals surface area contributed by atoms with E-state index in [1.165, 1.54) is 6.20 Å². The zero-order valence-electron chi connectivity index (χ0n) is 9.48. The lowest BCUT2D eigenvalue weighted by Gasteiger charge is -2.22. The number of sulfonamides is 1. The highest BCUT2D eigenvalue weighted by atomic mass is 32.2. The fraction of sp³-hybridized carbons (Fsp3) is 0.400. The quantitative estimate of drug-likeness (QED) is 0.624. The Morgan fingerprint density at radius 3 is 2.56 bits per heavy atom. The lowest BCUT2D eigenvalue weighted by molar-refractivity contribution is 0.590. The lowest BCUT2D eigenvalue weighted by atomic mass is 9.87. The zero-order chi connectivity index (χ0) is 12.4. The molecule has 1 heterocycles. The van der Waals surface area contributed by atoms with Crippen molar-refractivity contribution < 1.29 is 8.42 Å². The molecule has 0 bridgehead atoms. The summed E-state index contributed by atoms with van der Waals surface area (Å²) >= 11 is 0. The van der Waals surface area contributed by atoms with Gasteiger partial charge in [-0.05, 0) is 17.0 Å². The van der Waals surface area contributed by atoms with Gasteiger partial charge >= 0.3 is 0 Å². The van der Waals surface area contributed by atoms with Gasteiger partial charge in [0, 0.05) is 6.20 Å². The Balaban J connectivity index is 3.21. The second-order valence-corrected chi connectivity index (χ2v) is 5.97. The van der Waals surface area contributed by atoms with Gasteiger partial charge in [0.25, 0.3) is 10.0 Å². The third kappa shape index (κ3) is 3.03. The fourth-order valence-electron chi connectivity index (χ4n) is 1.31. The smallest absolute Gasteiger partial charge is 0.271 e. The third-order valence-corrected chi connectivity index (χ3v) is 2.85. The first-order valence-corrected chi connectivity index (χ1v) is 6.29. The average molecular weight is 241 g/mol. The molecule has 0 aromatic carbocycles. The van der Waals surface area contributed by atoms with E-state index in [9.17, 15) is 8.42 Å². The van der Waals surface area contributed by atoms with E-state index in [0.29, 0.717) is 11.2 Å². The second kappa shape index (κ2) is 4.21. The van der Waals surface area contributed by atoms with Gasteiger partial charge in [-0.25, -0.2) is 8.42 Å². The Labute approximate surface area is 95.5 Å². The Morgan fingerprint density at radius 1 is 1.44 bits per heavy atom. The Hall–Kier alpha value is -1.43. The number of pyridine rings is 1. The van der Waals surface area contributed by atoms with Gasteiger partial charge < -0.3 is 0 Å². The molecule has 1 rings (SSSR count). The molecule has 16 heavy (non-hydrogen) atoms. The van der Waals surface area contributed by atoms with Crippen LogP contribution < -0.4 is 4.72 Å². The molecule has 1 aromatic rings. The number of hydrogen-bond acceptors (Lipinski definition) is 4. The number of nitrogens with one attached hydrogen (secondary N) is 2. The SMILES string of the molecule is CC(C)(C)c1ccncc1NS(=O)(=O)C=N. The number of anilines is 1. The van der Waals surface area contributed by atoms with Crippen LogP contribution in [0.2, 0.25) is 0 Å². The van der Waals surface area contributed by atoms with Crippen LogP contribution in [0.25, 0.3) is 0 Å². The van der Waals surface area contributed by atoms with Gasteiger partial charge in [0.2, 0.25) is 0 Å². The van der Waals surface area contributed by atoms with Crippen LogP contribution in [0.3, 0.4) is 0 Å². The van der Waals surface area contributed by atoms with Crippen molar-refractivity contribution in [3.05, 3.63) is 24.0 Å². The molecule has 0 amide bonds. The molecule has 0 unspecified atom stereocenters. The van der Waals surface area contributed by atoms with E-state index in [1.54, 1.807) is 12.3 Å². The zero-order valence-corrected chi connectivity index (χ0v) is 10.3. The number of rotatable bonds is 3. The van der Waals surface area contributed by atoms with Crippen LogP contribution >= 0.6 is 0 Å². The van der Waals surface area contributed by atoms with Crippen molar-refractivity contribution in [2.24, 2.45) is 0 Å². The minimum atomic E-state index is -3.70. The molecule has 6 heteroatoms. The normalized spacial score (nSPS) is 12.2. The predicted octanol–water partition coefficient (Wildman–Crippen LogP) is 1.73. The van der Waals surface area contributed by atoms with Crippen molar-refractivity contribution >= 4 is 21.3 Å². The monoisotopic (exact) mass is 241 g/mol. The first-order valence-electron chi connectivity index (χ1n) is 4.74. The summed E-state index contributed by atoms with van der Waals surface area (Å²) in [6, 6.07) is 1.77. The third-order valence-electron chi connectivity index (χ3n) is 2.04. The van der Waals surface area contributed by atoms with Gasteiger partial charge in [0.1, 0.15) is 5.55 Å². The van der Waals surface area contributed by atoms with E-state index in [2.05, 4.69) is 9.71 Å². The number of hydrogen-bond donors (Lipinski definition) is 2. The van der Waals surface area contributed by atoms with Crippen LogP contribution in [0.1, 0.15) is 26.3 Å². The fourth-order valence-corrected chi connectivity index (χ4v) is 1.84. The Kier molecular flexibility index (Phi) is 3.32. The summed E-state index contributed by atoms with van der Waals surface area (Å²) in [6.45, 7) is 5.93. The maximum Gasteiger partial charge on any atom is 0.271 e. The number of nitrogens with zero attached hydrogens (tertiary/aromatic N) is 1. The molecule has 0 aliphatic heterocycles. The molecule has 1 aromatic heterocycles. The molecule has 0 atom stereocenters. The van der Waals surface area contributed by atoms with E-state index in [-0.39, 0.29) is 5.41 Å². The summed E-state index contributed by atoms with van der Waals surface area (Å²) in [6.07, 6.45) is 3.06. The molecule has 5 nitrogen and oxygen atoms in total. The van der Waals surface area contributed by atoms with E-state index in [4.69, 9.17) is 5.41 Å². The largest absolute Gasteiger partial charge is 0.295 e. The topological polar surface area (TPSA) is 82.9 Å². The lowest BCUT2D eigenvalue weighted by Crippen LogP contribution is -2.19. The van der Waals surface area contributed by atoms with Crippen molar-refractivity contribution in [3.63, 3.8) is 0 Å². The van der Waals surface area contributed by atoms with Crippen LogP contribution in [-0.2, 0) is 15.4 Å². The summed E-state index contributed by atoms with van der Waals surface area (Å²) < 4.78 is 24.8. The maximum absolute atomic E-state index is 11.3. The highest BCUT2D eigenvalue weighted by molar-refractivity contribution is 8.05. The summed E-state index contributed by atoms with van der Waals surface area (Å²) in [5.41, 5.74) is 1.45. The van der Waals surface area contributed by atoms with Crippen molar-refractivity contribution in [2.45, 2.75) is 26.2 Å². The molecule has 0 spiro atoms. The predicted molar refractivity (Wildman–Crippen MR) is 64.3 cm³/mol. The summed E-state index contributed by atoms with van der Waals surface area (Å²) in [5.74, 6) is 0. The van der Waals surface area contributed by atoms with Crippen LogP contribution in [0.5, 0.6) is 0 Å². The van der Waals surface area contributed by atoms with Crippen molar-refractivity contribution in [2.75, 3.05) is 4.72 Å². The van der Waals surface area contributed by atoms with Gasteiger partial charge in [-0.3, -0.25) is 15.1 Å². The van der Waals surface area contributed by atoms with Crippen LogP contribution in [0.4, 0.5) is 5.69 Å². The minimum absolute atomic E-state index is 0.192. The first-order chi connectivity index (χ1) is 7.26. The number of aromatic nitrogens is 1. The molecule has 0 radical (unpaired) electrons. The highest BCUT2D eigenvalue weighted by Crippen LogP contribution is 2.28. The summed E-state index contributed by atoms with van der Waals surface area (Å²) in [7, 11) is -3.70. The molecule has 2 N–H and O–H groups in total. The van der Waals surface area contributed by atoms with Crippen LogP contribution in [0, 0.1) is 5.41 Å². The second-order valence-electron chi connectivity index (χ2n) is 4.44. The van der Waals surface area contributed by atoms with E-state index in [1.807, 2.05) is 20.8 Å². The molecular formula is C10H15N3O2S. The van der Waals surface area contributed by atoms with Crippen LogP contribution in [0.15, 0.2) is 18.5 Å². The van der Waals surface area contributed by atoms with Crippen molar-refractivity contribution in [1.29, 1.82) is 5.41 Å². The van der Waals surface area contributed by atoms with Gasteiger partial charge in [0.05, 0.1) is 11.9 Å². The Morgan fingerprint density at radius 2 is 2.06 bits per heavy atom. The standard InChI is InChI=1S/C10H15N3O2S/c1-10(2,3)8-4-5-12-6-9(8)13-16(14,15)7-11/h4-7,11,13H,1-3H3. The summed E-state index contributed by atoms with van der Waals surface area (Å²) in [4.78, 5) is 3.88. The van der Waals surface area contributed by atoms with Gasteiger partial charge in [-0.1, -0.05) is 20.8 Å². The van der Waals surface area contributed by atoms with Crippen molar-refractivity contribution in [3.8, 4) is 0 Å². The van der Waals surface area contributed by atoms with Crippen molar-refractivity contribution in [1.82, 2.24) is 4.98 Å². The average Bonchev–Trinajstić information content (AvgIpc) is 2.16. The van der Waals surface area contributed by atoms with E-state index < -0.39 is 10.0 Å². The molecule has 88 valence electrons. The molecule has 0 saturated heterocycles. The first kappa shape index (κ1) is 12.6. The van der Waals surface area contributed by atoms with E-state index in [0.717, 1.165) is 5.56 Å². The molecular weight excluding hydrogens is 226 g/mol. The molecule has 0 aliphatic carbocycles. The maximum atomic E-state index is 11.3. The molecule has 0 saturated carbocycles. The Bertz CT molecular complexity index is 489. The van der Waals surface area contributed by atoms with Gasteiger partial charge in [-0.2, -0.15) is 0 Å². The highest BCUT2D eigenvalue weighted by Gasteiger charge is 2.19. The van der Waals surface area contributed by atoms with Gasteiger partial charge in [-0.15, -0.1) is 0 Å².